The van der Waals surface area contributed by atoms with Crippen LogP contribution in [0.3, 0.4) is 0 Å². The van der Waals surface area contributed by atoms with E-state index in [0.29, 0.717) is 21.7 Å². The van der Waals surface area contributed by atoms with Gasteiger partial charge in [0, 0.05) is 0 Å². The molecular weight excluding hydrogens is 298 g/mol. The topological polar surface area (TPSA) is 50.9 Å². The maximum absolute atomic E-state index is 10.3. The van der Waals surface area contributed by atoms with Gasteiger partial charge in [0.1, 0.15) is 22.5 Å². The maximum Gasteiger partial charge on any atom is 0.143 e. The highest BCUT2D eigenvalue weighted by molar-refractivity contribution is 6.34. The van der Waals surface area contributed by atoms with Crippen LogP contribution < -0.4 is 0 Å². The number of hydrogen-bond donors (Lipinski definition) is 1. The van der Waals surface area contributed by atoms with Crippen LogP contribution in [0.15, 0.2) is 30.3 Å². The van der Waals surface area contributed by atoms with Gasteiger partial charge in [-0.1, -0.05) is 31.0 Å². The Bertz CT molecular complexity index is 826. The minimum absolute atomic E-state index is 0.188. The maximum atomic E-state index is 10.3. The fraction of sp³-hybridized carbons (Fsp3) is 0.294. The van der Waals surface area contributed by atoms with E-state index in [1.54, 1.807) is 6.07 Å². The van der Waals surface area contributed by atoms with Crippen LogP contribution in [0.2, 0.25) is 5.02 Å². The summed E-state index contributed by atoms with van der Waals surface area (Å²) in [5.74, 6) is 0.188. The van der Waals surface area contributed by atoms with E-state index in [0.717, 1.165) is 30.4 Å². The van der Waals surface area contributed by atoms with Gasteiger partial charge in [-0.3, -0.25) is 0 Å². The van der Waals surface area contributed by atoms with Gasteiger partial charge in [0.05, 0.1) is 5.02 Å². The number of hydrogen-bond acceptors (Lipinski definition) is 3. The molecule has 0 bridgehead atoms. The Kier molecular flexibility index (Phi) is 4.03. The summed E-state index contributed by atoms with van der Waals surface area (Å²) >= 11 is 6.13. The Morgan fingerprint density at radius 1 is 1.23 bits per heavy atom. The number of nitrogens with zero attached hydrogens (tertiary/aromatic N) is 3. The molecular formula is C17H18ClN3O. The summed E-state index contributed by atoms with van der Waals surface area (Å²) in [5.41, 5.74) is 4.22. The number of fused-ring (bicyclic) bond motifs is 1. The fourth-order valence-electron chi connectivity index (χ4n) is 2.53. The van der Waals surface area contributed by atoms with Gasteiger partial charge in [0.2, 0.25) is 0 Å². The van der Waals surface area contributed by atoms with E-state index >= 15 is 0 Å². The summed E-state index contributed by atoms with van der Waals surface area (Å²) in [7, 11) is 0. The summed E-state index contributed by atoms with van der Waals surface area (Å²) in [6, 6.07) is 9.21. The molecule has 0 aliphatic carbocycles. The van der Waals surface area contributed by atoms with Crippen LogP contribution >= 0.6 is 11.6 Å². The molecule has 3 rings (SSSR count). The molecule has 22 heavy (non-hydrogen) atoms. The lowest BCUT2D eigenvalue weighted by molar-refractivity contribution is 0.466. The fourth-order valence-corrected chi connectivity index (χ4v) is 2.74. The van der Waals surface area contributed by atoms with Gasteiger partial charge in [0.25, 0.3) is 0 Å². The highest BCUT2D eigenvalue weighted by atomic mass is 35.5. The van der Waals surface area contributed by atoms with Crippen molar-refractivity contribution < 1.29 is 5.11 Å². The summed E-state index contributed by atoms with van der Waals surface area (Å²) in [5, 5.41) is 19.7. The monoisotopic (exact) mass is 315 g/mol. The Morgan fingerprint density at radius 2 is 2.05 bits per heavy atom. The van der Waals surface area contributed by atoms with Crippen LogP contribution in [0.5, 0.6) is 5.75 Å². The van der Waals surface area contributed by atoms with Crippen LogP contribution in [0.4, 0.5) is 0 Å². The zero-order valence-electron chi connectivity index (χ0n) is 12.7. The van der Waals surface area contributed by atoms with Gasteiger partial charge in [-0.15, -0.1) is 15.0 Å². The van der Waals surface area contributed by atoms with Crippen molar-refractivity contribution in [2.45, 2.75) is 33.1 Å². The molecule has 1 heterocycles. The second kappa shape index (κ2) is 5.97. The van der Waals surface area contributed by atoms with Gasteiger partial charge in [0.15, 0.2) is 0 Å². The minimum Gasteiger partial charge on any atom is -0.506 e. The Labute approximate surface area is 134 Å². The van der Waals surface area contributed by atoms with Crippen molar-refractivity contribution in [3.8, 4) is 11.4 Å². The smallest absolute Gasteiger partial charge is 0.143 e. The lowest BCUT2D eigenvalue weighted by Crippen LogP contribution is -2.01. The third kappa shape index (κ3) is 2.66. The highest BCUT2D eigenvalue weighted by Crippen LogP contribution is 2.28. The average Bonchev–Trinajstić information content (AvgIpc) is 2.93. The molecule has 0 amide bonds. The first kappa shape index (κ1) is 14.9. The zero-order chi connectivity index (χ0) is 15.7. The number of phenolic OH excluding ortho intramolecular Hbond substituents is 1. The molecule has 0 aliphatic heterocycles. The number of aromatic hydroxyl groups is 1. The third-order valence-corrected chi connectivity index (χ3v) is 4.12. The molecule has 4 nitrogen and oxygen atoms in total. The van der Waals surface area contributed by atoms with Crippen molar-refractivity contribution in [1.29, 1.82) is 0 Å². The minimum atomic E-state index is 0.188. The van der Waals surface area contributed by atoms with Crippen LogP contribution in [0.1, 0.15) is 30.9 Å². The van der Waals surface area contributed by atoms with Gasteiger partial charge in [-0.2, -0.15) is 0 Å². The lowest BCUT2D eigenvalue weighted by Gasteiger charge is -2.10. The van der Waals surface area contributed by atoms with Gasteiger partial charge < -0.3 is 5.11 Å². The number of phenols is 1. The second-order valence-electron chi connectivity index (χ2n) is 5.47. The molecule has 0 aliphatic rings. The Balaban J connectivity index is 2.06. The number of rotatable bonds is 4. The molecule has 1 N–H and O–H groups in total. The second-order valence-corrected chi connectivity index (χ2v) is 5.88. The summed E-state index contributed by atoms with van der Waals surface area (Å²) in [4.78, 5) is 1.45. The summed E-state index contributed by atoms with van der Waals surface area (Å²) in [6.45, 7) is 4.21. The van der Waals surface area contributed by atoms with Crippen molar-refractivity contribution in [2.24, 2.45) is 0 Å². The molecule has 0 saturated carbocycles. The molecule has 1 aromatic heterocycles. The first-order chi connectivity index (χ1) is 10.6. The number of aryl methyl sites for hydroxylation is 2. The number of unbranched alkanes of at least 4 members (excludes halogenated alkanes) is 1. The molecule has 0 spiro atoms. The van der Waals surface area contributed by atoms with E-state index in [1.165, 1.54) is 4.80 Å². The highest BCUT2D eigenvalue weighted by Gasteiger charge is 2.13. The summed E-state index contributed by atoms with van der Waals surface area (Å²) in [6.07, 6.45) is 3.21. The van der Waals surface area contributed by atoms with Crippen molar-refractivity contribution in [3.05, 3.63) is 46.5 Å². The van der Waals surface area contributed by atoms with Crippen molar-refractivity contribution in [1.82, 2.24) is 15.0 Å². The quantitative estimate of drug-likeness (QED) is 0.774. The van der Waals surface area contributed by atoms with E-state index < -0.39 is 0 Å². The standard InChI is InChI=1S/C17H18ClN3O/c1-3-4-6-12-10-16(22)15(9-11(12)2)21-19-14-8-5-7-13(18)17(14)20-21/h5,7-10,22H,3-4,6H2,1-2H3. The molecule has 0 unspecified atom stereocenters. The SMILES string of the molecule is CCCCc1cc(O)c(-n2nc3cccc(Cl)c3n2)cc1C. The normalized spacial score (nSPS) is 11.2. The molecule has 0 saturated heterocycles. The predicted octanol–water partition coefficient (Wildman–Crippen LogP) is 4.43. The Morgan fingerprint density at radius 3 is 2.77 bits per heavy atom. The summed E-state index contributed by atoms with van der Waals surface area (Å²) < 4.78 is 0. The Hall–Kier alpha value is -2.07. The molecule has 0 atom stereocenters. The van der Waals surface area contributed by atoms with E-state index in [4.69, 9.17) is 11.6 Å². The van der Waals surface area contributed by atoms with Gasteiger partial charge in [-0.25, -0.2) is 0 Å². The van der Waals surface area contributed by atoms with E-state index in [2.05, 4.69) is 17.1 Å². The van der Waals surface area contributed by atoms with Crippen LogP contribution in [-0.2, 0) is 6.42 Å². The molecule has 5 heteroatoms. The van der Waals surface area contributed by atoms with Crippen molar-refractivity contribution >= 4 is 22.6 Å². The molecule has 0 fully saturated rings. The molecule has 2 aromatic carbocycles. The van der Waals surface area contributed by atoms with E-state index in [9.17, 15) is 5.11 Å². The average molecular weight is 316 g/mol. The number of benzene rings is 2. The molecule has 0 radical (unpaired) electrons. The van der Waals surface area contributed by atoms with Gasteiger partial charge in [-0.05, 0) is 55.2 Å². The van der Waals surface area contributed by atoms with Crippen molar-refractivity contribution in [2.75, 3.05) is 0 Å². The zero-order valence-corrected chi connectivity index (χ0v) is 13.4. The predicted molar refractivity (Wildman–Crippen MR) is 88.9 cm³/mol. The number of aromatic nitrogens is 3. The largest absolute Gasteiger partial charge is 0.506 e. The van der Waals surface area contributed by atoms with Crippen LogP contribution in [0.25, 0.3) is 16.7 Å². The number of halogens is 1. The van der Waals surface area contributed by atoms with E-state index in [-0.39, 0.29) is 5.75 Å². The van der Waals surface area contributed by atoms with Crippen LogP contribution in [0, 0.1) is 6.92 Å². The van der Waals surface area contributed by atoms with Crippen molar-refractivity contribution in [3.63, 3.8) is 0 Å². The van der Waals surface area contributed by atoms with Gasteiger partial charge >= 0.3 is 0 Å². The first-order valence-corrected chi connectivity index (χ1v) is 7.82. The molecule has 114 valence electrons. The third-order valence-electron chi connectivity index (χ3n) is 3.81. The first-order valence-electron chi connectivity index (χ1n) is 7.44. The lowest BCUT2D eigenvalue weighted by atomic mass is 10.0. The van der Waals surface area contributed by atoms with Crippen LogP contribution in [-0.4, -0.2) is 20.1 Å². The van der Waals surface area contributed by atoms with E-state index in [1.807, 2.05) is 31.2 Å². The molecule has 3 aromatic rings.